The van der Waals surface area contributed by atoms with Crippen molar-refractivity contribution in [3.05, 3.63) is 23.1 Å². The van der Waals surface area contributed by atoms with Crippen molar-refractivity contribution in [2.75, 3.05) is 32.2 Å². The zero-order valence-corrected chi connectivity index (χ0v) is 18.1. The van der Waals surface area contributed by atoms with E-state index in [2.05, 4.69) is 24.9 Å². The molecular weight excluding hydrogens is 386 g/mol. The van der Waals surface area contributed by atoms with Crippen molar-refractivity contribution < 1.29 is 18.8 Å². The van der Waals surface area contributed by atoms with Gasteiger partial charge in [0.05, 0.1) is 32.5 Å². The van der Waals surface area contributed by atoms with Crippen LogP contribution < -0.4 is 14.4 Å². The van der Waals surface area contributed by atoms with E-state index in [0.29, 0.717) is 30.7 Å². The molecule has 2 aromatic rings. The van der Waals surface area contributed by atoms with Crippen LogP contribution >= 0.6 is 0 Å². The quantitative estimate of drug-likeness (QED) is 0.736. The number of hydrogen-bond acceptors (Lipinski definition) is 8. The average molecular weight is 415 g/mol. The molecule has 2 aromatic heterocycles. The second-order valence-corrected chi connectivity index (χ2v) is 8.10. The van der Waals surface area contributed by atoms with Gasteiger partial charge in [-0.15, -0.1) is 0 Å². The largest absolute Gasteiger partial charge is 0.481 e. The van der Waals surface area contributed by atoms with E-state index in [0.717, 1.165) is 55.8 Å². The van der Waals surface area contributed by atoms with Crippen molar-refractivity contribution >= 4 is 11.9 Å². The highest BCUT2D eigenvalue weighted by Crippen LogP contribution is 2.41. The van der Waals surface area contributed by atoms with Gasteiger partial charge in [0.15, 0.2) is 0 Å². The first kappa shape index (κ1) is 20.4. The number of hydrogen-bond donors (Lipinski definition) is 0. The van der Waals surface area contributed by atoms with Gasteiger partial charge in [-0.25, -0.2) is 0 Å². The maximum Gasteiger partial charge on any atom is 0.231 e. The number of carbonyl (C=O) groups excluding carboxylic acids is 1. The van der Waals surface area contributed by atoms with E-state index in [1.54, 1.807) is 20.3 Å². The molecule has 1 amide bonds. The van der Waals surface area contributed by atoms with Gasteiger partial charge in [-0.1, -0.05) is 5.16 Å². The van der Waals surface area contributed by atoms with E-state index in [1.807, 2.05) is 13.8 Å². The highest BCUT2D eigenvalue weighted by atomic mass is 16.5. The molecule has 0 bridgehead atoms. The normalized spacial score (nSPS) is 21.9. The molecule has 2 fully saturated rings. The van der Waals surface area contributed by atoms with E-state index < -0.39 is 0 Å². The monoisotopic (exact) mass is 415 g/mol. The van der Waals surface area contributed by atoms with Gasteiger partial charge in [0.25, 0.3) is 0 Å². The number of anilines is 1. The molecule has 0 N–H and O–H groups in total. The SMILES string of the molecule is COc1cc(OC)nc(N2CCC[C@]3(CCC(=O)N3Cc3c(C)noc3C)CC2)n1. The first-order chi connectivity index (χ1) is 14.5. The minimum atomic E-state index is -0.148. The Labute approximate surface area is 176 Å². The summed E-state index contributed by atoms with van der Waals surface area (Å²) in [5.41, 5.74) is 1.73. The van der Waals surface area contributed by atoms with Gasteiger partial charge >= 0.3 is 0 Å². The molecule has 0 unspecified atom stereocenters. The maximum absolute atomic E-state index is 12.8. The van der Waals surface area contributed by atoms with Crippen molar-refractivity contribution in [2.24, 2.45) is 0 Å². The van der Waals surface area contributed by atoms with Crippen LogP contribution in [0, 0.1) is 13.8 Å². The molecule has 162 valence electrons. The Bertz CT molecular complexity index is 888. The maximum atomic E-state index is 12.8. The molecule has 2 saturated heterocycles. The number of carbonyl (C=O) groups is 1. The van der Waals surface area contributed by atoms with Gasteiger partial charge in [-0.2, -0.15) is 9.97 Å². The van der Waals surface area contributed by atoms with Crippen LogP contribution in [-0.4, -0.2) is 58.8 Å². The molecule has 1 atom stereocenters. The van der Waals surface area contributed by atoms with Gasteiger partial charge in [0.1, 0.15) is 5.76 Å². The summed E-state index contributed by atoms with van der Waals surface area (Å²) < 4.78 is 15.9. The Morgan fingerprint density at radius 3 is 2.47 bits per heavy atom. The molecular formula is C21H29N5O4. The van der Waals surface area contributed by atoms with E-state index in [9.17, 15) is 4.79 Å². The Morgan fingerprint density at radius 1 is 1.10 bits per heavy atom. The van der Waals surface area contributed by atoms with Crippen LogP contribution in [-0.2, 0) is 11.3 Å². The smallest absolute Gasteiger partial charge is 0.231 e. The lowest BCUT2D eigenvalue weighted by molar-refractivity contribution is -0.132. The molecule has 9 nitrogen and oxygen atoms in total. The molecule has 30 heavy (non-hydrogen) atoms. The number of amides is 1. The summed E-state index contributed by atoms with van der Waals surface area (Å²) in [6, 6.07) is 1.67. The predicted molar refractivity (Wildman–Crippen MR) is 110 cm³/mol. The number of methoxy groups -OCH3 is 2. The fourth-order valence-corrected chi connectivity index (χ4v) is 4.66. The fraction of sp³-hybridized carbons (Fsp3) is 0.619. The molecule has 1 spiro atoms. The van der Waals surface area contributed by atoms with Crippen molar-refractivity contribution in [1.29, 1.82) is 0 Å². The lowest BCUT2D eigenvalue weighted by Gasteiger charge is -2.38. The molecule has 0 aromatic carbocycles. The van der Waals surface area contributed by atoms with Gasteiger partial charge in [-0.3, -0.25) is 4.79 Å². The third-order valence-corrected chi connectivity index (χ3v) is 6.46. The van der Waals surface area contributed by atoms with E-state index >= 15 is 0 Å². The number of aromatic nitrogens is 3. The van der Waals surface area contributed by atoms with Crippen molar-refractivity contribution in [1.82, 2.24) is 20.0 Å². The number of aryl methyl sites for hydroxylation is 2. The van der Waals surface area contributed by atoms with Crippen LogP contribution in [0.25, 0.3) is 0 Å². The van der Waals surface area contributed by atoms with Crippen LogP contribution in [0.1, 0.15) is 49.1 Å². The number of likely N-dealkylation sites (tertiary alicyclic amines) is 1. The van der Waals surface area contributed by atoms with E-state index in [1.165, 1.54) is 0 Å². The number of nitrogens with zero attached hydrogens (tertiary/aromatic N) is 5. The summed E-state index contributed by atoms with van der Waals surface area (Å²) >= 11 is 0. The zero-order valence-electron chi connectivity index (χ0n) is 18.1. The van der Waals surface area contributed by atoms with E-state index in [-0.39, 0.29) is 11.4 Å². The van der Waals surface area contributed by atoms with Gasteiger partial charge in [-0.05, 0) is 39.5 Å². The first-order valence-electron chi connectivity index (χ1n) is 10.4. The van der Waals surface area contributed by atoms with Gasteiger partial charge in [0.2, 0.25) is 23.6 Å². The highest BCUT2D eigenvalue weighted by Gasteiger charge is 2.46. The lowest BCUT2D eigenvalue weighted by atomic mass is 9.87. The zero-order chi connectivity index (χ0) is 21.3. The minimum absolute atomic E-state index is 0.148. The molecule has 0 radical (unpaired) electrons. The Kier molecular flexibility index (Phi) is 5.53. The number of ether oxygens (including phenoxy) is 2. The van der Waals surface area contributed by atoms with Crippen LogP contribution in [0.3, 0.4) is 0 Å². The summed E-state index contributed by atoms with van der Waals surface area (Å²) in [6.45, 7) is 5.99. The summed E-state index contributed by atoms with van der Waals surface area (Å²) in [5.74, 6) is 2.56. The Hall–Kier alpha value is -2.84. The van der Waals surface area contributed by atoms with Crippen LogP contribution in [0.2, 0.25) is 0 Å². The predicted octanol–water partition coefficient (Wildman–Crippen LogP) is 2.65. The highest BCUT2D eigenvalue weighted by molar-refractivity contribution is 5.79. The second kappa shape index (κ2) is 8.12. The first-order valence-corrected chi connectivity index (χ1v) is 10.4. The van der Waals surface area contributed by atoms with Crippen molar-refractivity contribution in [3.63, 3.8) is 0 Å². The van der Waals surface area contributed by atoms with Gasteiger partial charge in [0, 0.05) is 30.6 Å². The third kappa shape index (κ3) is 3.68. The standard InChI is InChI=1S/C21H29N5O4/c1-14-16(15(2)30-24-14)13-26-19(27)6-8-21(26)7-5-10-25(11-9-21)20-22-17(28-3)12-18(23-20)29-4/h12H,5-11,13H2,1-4H3/t21-/m0/s1. The van der Waals surface area contributed by atoms with Gasteiger partial charge < -0.3 is 23.8 Å². The molecule has 2 aliphatic rings. The molecule has 0 aliphatic carbocycles. The molecule has 4 heterocycles. The van der Waals surface area contributed by atoms with E-state index in [4.69, 9.17) is 14.0 Å². The summed E-state index contributed by atoms with van der Waals surface area (Å²) in [4.78, 5) is 26.1. The average Bonchev–Trinajstić information content (AvgIpc) is 3.13. The van der Waals surface area contributed by atoms with Crippen molar-refractivity contribution in [3.8, 4) is 11.8 Å². The summed E-state index contributed by atoms with van der Waals surface area (Å²) in [6.07, 6.45) is 4.25. The fourth-order valence-electron chi connectivity index (χ4n) is 4.66. The molecule has 4 rings (SSSR count). The summed E-state index contributed by atoms with van der Waals surface area (Å²) in [5, 5.41) is 4.06. The van der Waals surface area contributed by atoms with Crippen molar-refractivity contribution in [2.45, 2.75) is 58.0 Å². The molecule has 9 heteroatoms. The van der Waals surface area contributed by atoms with Crippen LogP contribution in [0.4, 0.5) is 5.95 Å². The lowest BCUT2D eigenvalue weighted by Crippen LogP contribution is -2.46. The summed E-state index contributed by atoms with van der Waals surface area (Å²) in [7, 11) is 3.17. The minimum Gasteiger partial charge on any atom is -0.481 e. The second-order valence-electron chi connectivity index (χ2n) is 8.10. The molecule has 0 saturated carbocycles. The van der Waals surface area contributed by atoms with Crippen LogP contribution in [0.5, 0.6) is 11.8 Å². The Morgan fingerprint density at radius 2 is 1.83 bits per heavy atom. The molecule has 2 aliphatic heterocycles. The topological polar surface area (TPSA) is 93.8 Å². The van der Waals surface area contributed by atoms with Crippen LogP contribution in [0.15, 0.2) is 10.6 Å². The Balaban J connectivity index is 1.56. The third-order valence-electron chi connectivity index (χ3n) is 6.46. The number of rotatable bonds is 5.